The zero-order chi connectivity index (χ0) is 8.43. The van der Waals surface area contributed by atoms with E-state index in [0.717, 1.165) is 12.1 Å². The van der Waals surface area contributed by atoms with Gasteiger partial charge in [0.1, 0.15) is 19.5 Å². The summed E-state index contributed by atoms with van der Waals surface area (Å²) < 4.78 is 24.9. The number of halogens is 2. The second kappa shape index (κ2) is 3.01. The lowest BCUT2D eigenvalue weighted by Gasteiger charge is -2.04. The summed E-state index contributed by atoms with van der Waals surface area (Å²) in [5, 5.41) is 8.71. The first-order valence-corrected chi connectivity index (χ1v) is 3.00. The zero-order valence-corrected chi connectivity index (χ0v) is 5.59. The van der Waals surface area contributed by atoms with Crippen LogP contribution in [0.2, 0.25) is 0 Å². The molecule has 0 fully saturated rings. The van der Waals surface area contributed by atoms with Gasteiger partial charge in [0.05, 0.1) is 0 Å². The van der Waals surface area contributed by atoms with Crippen LogP contribution in [-0.2, 0) is 0 Å². The Bertz CT molecular complexity index is 263. The smallest absolute Gasteiger partial charge is 0.131 e. The van der Waals surface area contributed by atoms with Gasteiger partial charge in [0.25, 0.3) is 0 Å². The first kappa shape index (κ1) is 8.20. The first-order valence-electron chi connectivity index (χ1n) is 3.00. The molecule has 0 heterocycles. The summed E-state index contributed by atoms with van der Waals surface area (Å²) in [5.74, 6) is -1.52. The van der Waals surface area contributed by atoms with Crippen LogP contribution in [-0.4, -0.2) is 13.0 Å². The van der Waals surface area contributed by atoms with Gasteiger partial charge in [0.15, 0.2) is 0 Å². The summed E-state index contributed by atoms with van der Waals surface area (Å²) in [6.07, 6.45) is 0. The average Bonchev–Trinajstić information content (AvgIpc) is 1.85. The molecule has 0 aliphatic carbocycles. The van der Waals surface area contributed by atoms with Crippen molar-refractivity contribution in [1.82, 2.24) is 0 Å². The van der Waals surface area contributed by atoms with E-state index in [2.05, 4.69) is 0 Å². The third-order valence-corrected chi connectivity index (χ3v) is 1.28. The number of rotatable bonds is 1. The van der Waals surface area contributed by atoms with Crippen LogP contribution >= 0.6 is 0 Å². The van der Waals surface area contributed by atoms with Crippen LogP contribution in [0, 0.1) is 11.6 Å². The molecule has 1 atom stereocenters. The first-order chi connectivity index (χ1) is 5.11. The Balaban J connectivity index is 3.09. The van der Waals surface area contributed by atoms with Crippen molar-refractivity contribution in [2.24, 2.45) is 0 Å². The molecule has 4 heteroatoms. The highest BCUT2D eigenvalue weighted by Crippen LogP contribution is 2.14. The maximum Gasteiger partial charge on any atom is 0.131 e. The number of aliphatic hydroxyl groups excluding tert-OH is 1. The SMILES string of the molecule is [B]C(O)c1ccc(F)cc1F. The maximum absolute atomic E-state index is 12.6. The quantitative estimate of drug-likeness (QED) is 0.601. The number of aliphatic hydroxyl groups is 1. The fourth-order valence-electron chi connectivity index (χ4n) is 0.741. The monoisotopic (exact) mass is 154 g/mol. The molecule has 0 aliphatic rings. The van der Waals surface area contributed by atoms with E-state index in [-0.39, 0.29) is 5.56 Å². The van der Waals surface area contributed by atoms with Gasteiger partial charge in [-0.05, 0) is 6.07 Å². The summed E-state index contributed by atoms with van der Waals surface area (Å²) in [7, 11) is 4.96. The highest BCUT2D eigenvalue weighted by atomic mass is 19.1. The van der Waals surface area contributed by atoms with Crippen molar-refractivity contribution in [1.29, 1.82) is 0 Å². The lowest BCUT2D eigenvalue weighted by atomic mass is 9.92. The van der Waals surface area contributed by atoms with Crippen LogP contribution in [0.25, 0.3) is 0 Å². The van der Waals surface area contributed by atoms with E-state index in [0.29, 0.717) is 6.07 Å². The molecule has 1 aromatic carbocycles. The van der Waals surface area contributed by atoms with Crippen LogP contribution in [0.15, 0.2) is 18.2 Å². The van der Waals surface area contributed by atoms with E-state index in [1.54, 1.807) is 0 Å². The van der Waals surface area contributed by atoms with E-state index >= 15 is 0 Å². The summed E-state index contributed by atoms with van der Waals surface area (Å²) in [4.78, 5) is 0. The molecule has 1 rings (SSSR count). The Morgan fingerprint density at radius 3 is 2.45 bits per heavy atom. The Labute approximate surface area is 64.1 Å². The van der Waals surface area contributed by atoms with Crippen molar-refractivity contribution in [3.63, 3.8) is 0 Å². The predicted molar refractivity (Wildman–Crippen MR) is 37.1 cm³/mol. The molecule has 1 N–H and O–H groups in total. The summed E-state index contributed by atoms with van der Waals surface area (Å²) in [6, 6.07) is 1.42. The van der Waals surface area contributed by atoms with Crippen molar-refractivity contribution in [2.75, 3.05) is 0 Å². The minimum Gasteiger partial charge on any atom is -0.398 e. The van der Waals surface area contributed by atoms with Gasteiger partial charge >= 0.3 is 0 Å². The molecule has 1 unspecified atom stereocenters. The Kier molecular flexibility index (Phi) is 2.24. The fourth-order valence-corrected chi connectivity index (χ4v) is 0.741. The van der Waals surface area contributed by atoms with E-state index in [1.807, 2.05) is 0 Å². The lowest BCUT2D eigenvalue weighted by molar-refractivity contribution is 0.256. The van der Waals surface area contributed by atoms with E-state index in [1.165, 1.54) is 0 Å². The van der Waals surface area contributed by atoms with Crippen molar-refractivity contribution < 1.29 is 13.9 Å². The number of hydrogen-bond acceptors (Lipinski definition) is 1. The second-order valence-corrected chi connectivity index (χ2v) is 2.11. The molecule has 0 saturated heterocycles. The Hall–Kier alpha value is -0.895. The van der Waals surface area contributed by atoms with Crippen molar-refractivity contribution in [2.45, 2.75) is 6.00 Å². The highest BCUT2D eigenvalue weighted by molar-refractivity contribution is 6.11. The van der Waals surface area contributed by atoms with Gasteiger partial charge in [-0.1, -0.05) is 6.07 Å². The molecule has 0 amide bonds. The second-order valence-electron chi connectivity index (χ2n) is 2.11. The topological polar surface area (TPSA) is 20.2 Å². The molecule has 56 valence electrons. The third-order valence-electron chi connectivity index (χ3n) is 1.28. The Morgan fingerprint density at radius 2 is 2.00 bits per heavy atom. The normalized spacial score (nSPS) is 13.0. The summed E-state index contributed by atoms with van der Waals surface area (Å²) in [5.41, 5.74) is -0.105. The molecule has 0 aliphatic heterocycles. The van der Waals surface area contributed by atoms with Crippen LogP contribution in [0.3, 0.4) is 0 Å². The standard InChI is InChI=1S/C7H5BF2O/c8-7(11)5-2-1-4(9)3-6(5)10/h1-3,7,11H. The summed E-state index contributed by atoms with van der Waals surface area (Å²) >= 11 is 0. The molecule has 0 bridgehead atoms. The maximum atomic E-state index is 12.6. The van der Waals surface area contributed by atoms with Crippen LogP contribution in [0.4, 0.5) is 8.78 Å². The lowest BCUT2D eigenvalue weighted by Crippen LogP contribution is -1.99. The molecule has 0 aromatic heterocycles. The molecular weight excluding hydrogens is 149 g/mol. The molecule has 2 radical (unpaired) electrons. The molecule has 0 saturated carbocycles. The third kappa shape index (κ3) is 1.77. The highest BCUT2D eigenvalue weighted by Gasteiger charge is 2.07. The van der Waals surface area contributed by atoms with Crippen molar-refractivity contribution in [3.05, 3.63) is 35.4 Å². The predicted octanol–water partition coefficient (Wildman–Crippen LogP) is 1.12. The van der Waals surface area contributed by atoms with Gasteiger partial charge in [-0.15, -0.1) is 0 Å². The van der Waals surface area contributed by atoms with Crippen molar-refractivity contribution in [3.8, 4) is 0 Å². The van der Waals surface area contributed by atoms with E-state index in [9.17, 15) is 8.78 Å². The molecule has 11 heavy (non-hydrogen) atoms. The number of hydrogen-bond donors (Lipinski definition) is 1. The van der Waals surface area contributed by atoms with E-state index < -0.39 is 17.6 Å². The van der Waals surface area contributed by atoms with Gasteiger partial charge in [-0.2, -0.15) is 0 Å². The Morgan fingerprint density at radius 1 is 1.36 bits per heavy atom. The van der Waals surface area contributed by atoms with Gasteiger partial charge in [-0.3, -0.25) is 0 Å². The van der Waals surface area contributed by atoms with Gasteiger partial charge in [-0.25, -0.2) is 8.78 Å². The summed E-state index contributed by atoms with van der Waals surface area (Å²) in [6.45, 7) is 0. The van der Waals surface area contributed by atoms with Crippen molar-refractivity contribution >= 4 is 7.85 Å². The average molecular weight is 154 g/mol. The molecule has 1 nitrogen and oxygen atoms in total. The number of benzene rings is 1. The van der Waals surface area contributed by atoms with Gasteiger partial charge in [0.2, 0.25) is 0 Å². The molecule has 1 aromatic rings. The minimum atomic E-state index is -1.39. The van der Waals surface area contributed by atoms with Gasteiger partial charge in [0, 0.05) is 17.6 Å². The van der Waals surface area contributed by atoms with Crippen LogP contribution in [0.1, 0.15) is 11.6 Å². The van der Waals surface area contributed by atoms with Crippen LogP contribution < -0.4 is 0 Å². The minimum absolute atomic E-state index is 0.105. The largest absolute Gasteiger partial charge is 0.398 e. The molecule has 0 spiro atoms. The molecular formula is C7H5BF2O. The van der Waals surface area contributed by atoms with Crippen LogP contribution in [0.5, 0.6) is 0 Å². The van der Waals surface area contributed by atoms with Gasteiger partial charge < -0.3 is 5.11 Å². The fraction of sp³-hybridized carbons (Fsp3) is 0.143. The van der Waals surface area contributed by atoms with E-state index in [4.69, 9.17) is 13.0 Å². The zero-order valence-electron chi connectivity index (χ0n) is 5.59.